The minimum Gasteiger partial charge on any atom is -0.452 e. The van der Waals surface area contributed by atoms with Gasteiger partial charge < -0.3 is 9.64 Å². The van der Waals surface area contributed by atoms with Crippen LogP contribution in [-0.4, -0.2) is 36.8 Å². The van der Waals surface area contributed by atoms with Gasteiger partial charge in [0, 0.05) is 25.1 Å². The maximum atomic E-state index is 12.4. The standard InChI is InChI=1S/C21H20N2O5/c1-2-22(16-6-4-3-5-7-16)20(26)14-28-21(27)15-8-10-17(11-9-15)23-18(24)12-13-19(23)25/h3-11H,2,12-14H2,1H3. The molecule has 2 aromatic rings. The fourth-order valence-electron chi connectivity index (χ4n) is 3.01. The molecule has 7 heteroatoms. The van der Waals surface area contributed by atoms with Crippen molar-refractivity contribution in [3.05, 3.63) is 60.2 Å². The van der Waals surface area contributed by atoms with E-state index in [0.717, 1.165) is 10.6 Å². The minimum atomic E-state index is -0.650. The molecule has 0 atom stereocenters. The zero-order valence-corrected chi connectivity index (χ0v) is 15.5. The maximum absolute atomic E-state index is 12.4. The van der Waals surface area contributed by atoms with Gasteiger partial charge in [-0.3, -0.25) is 19.3 Å². The van der Waals surface area contributed by atoms with Crippen molar-refractivity contribution in [1.29, 1.82) is 0 Å². The van der Waals surface area contributed by atoms with E-state index in [0.29, 0.717) is 12.2 Å². The Bertz CT molecular complexity index is 877. The van der Waals surface area contributed by atoms with E-state index in [1.165, 1.54) is 29.2 Å². The van der Waals surface area contributed by atoms with Crippen molar-refractivity contribution in [3.8, 4) is 0 Å². The molecule has 0 N–H and O–H groups in total. The lowest BCUT2D eigenvalue weighted by Gasteiger charge is -2.20. The van der Waals surface area contributed by atoms with Crippen LogP contribution < -0.4 is 9.80 Å². The van der Waals surface area contributed by atoms with Crippen molar-refractivity contribution < 1.29 is 23.9 Å². The third-order valence-electron chi connectivity index (χ3n) is 4.42. The number of ether oxygens (including phenoxy) is 1. The van der Waals surface area contributed by atoms with Gasteiger partial charge in [0.25, 0.3) is 5.91 Å². The highest BCUT2D eigenvalue weighted by Crippen LogP contribution is 2.23. The minimum absolute atomic E-state index is 0.195. The van der Waals surface area contributed by atoms with Crippen molar-refractivity contribution in [1.82, 2.24) is 0 Å². The highest BCUT2D eigenvalue weighted by Gasteiger charge is 2.30. The fraction of sp³-hybridized carbons (Fsp3) is 0.238. The second kappa shape index (κ2) is 8.47. The first-order valence-corrected chi connectivity index (χ1v) is 8.99. The molecule has 0 aliphatic carbocycles. The summed E-state index contributed by atoms with van der Waals surface area (Å²) in [5.41, 5.74) is 1.38. The molecule has 0 saturated carbocycles. The lowest BCUT2D eigenvalue weighted by molar-refractivity contribution is -0.122. The van der Waals surface area contributed by atoms with E-state index < -0.39 is 5.97 Å². The van der Waals surface area contributed by atoms with E-state index in [1.54, 1.807) is 0 Å². The number of likely N-dealkylation sites (N-methyl/N-ethyl adjacent to an activating group) is 1. The predicted molar refractivity (Wildman–Crippen MR) is 103 cm³/mol. The van der Waals surface area contributed by atoms with Crippen LogP contribution in [0.3, 0.4) is 0 Å². The molecule has 0 aromatic heterocycles. The van der Waals surface area contributed by atoms with Crippen LogP contribution in [0.15, 0.2) is 54.6 Å². The average molecular weight is 380 g/mol. The van der Waals surface area contributed by atoms with Gasteiger partial charge in [0.2, 0.25) is 11.8 Å². The molecule has 1 aliphatic rings. The normalized spacial score (nSPS) is 13.5. The third-order valence-corrected chi connectivity index (χ3v) is 4.42. The largest absolute Gasteiger partial charge is 0.452 e. The summed E-state index contributed by atoms with van der Waals surface area (Å²) in [7, 11) is 0. The lowest BCUT2D eigenvalue weighted by atomic mass is 10.2. The Morgan fingerprint density at radius 2 is 1.57 bits per heavy atom. The smallest absolute Gasteiger partial charge is 0.338 e. The van der Waals surface area contributed by atoms with Gasteiger partial charge in [0.15, 0.2) is 6.61 Å². The summed E-state index contributed by atoms with van der Waals surface area (Å²) in [6, 6.07) is 15.1. The summed E-state index contributed by atoms with van der Waals surface area (Å²) in [6.07, 6.45) is 0.389. The molecule has 0 unspecified atom stereocenters. The summed E-state index contributed by atoms with van der Waals surface area (Å²) in [4.78, 5) is 50.8. The van der Waals surface area contributed by atoms with E-state index in [9.17, 15) is 19.2 Å². The monoisotopic (exact) mass is 380 g/mol. The molecule has 0 bridgehead atoms. The molecule has 3 amide bonds. The van der Waals surface area contributed by atoms with E-state index in [4.69, 9.17) is 4.74 Å². The number of anilines is 2. The third kappa shape index (κ3) is 4.09. The topological polar surface area (TPSA) is 84.0 Å². The van der Waals surface area contributed by atoms with Crippen LogP contribution in [0.4, 0.5) is 11.4 Å². The first-order valence-electron chi connectivity index (χ1n) is 8.99. The van der Waals surface area contributed by atoms with Crippen LogP contribution in [0.2, 0.25) is 0 Å². The van der Waals surface area contributed by atoms with Crippen LogP contribution in [0.25, 0.3) is 0 Å². The Kier molecular flexibility index (Phi) is 5.84. The maximum Gasteiger partial charge on any atom is 0.338 e. The number of hydrogen-bond donors (Lipinski definition) is 0. The number of imide groups is 1. The van der Waals surface area contributed by atoms with Crippen LogP contribution in [-0.2, 0) is 19.1 Å². The van der Waals surface area contributed by atoms with Gasteiger partial charge in [-0.15, -0.1) is 0 Å². The zero-order chi connectivity index (χ0) is 20.1. The van der Waals surface area contributed by atoms with Gasteiger partial charge in [-0.05, 0) is 43.3 Å². The number of para-hydroxylation sites is 1. The van der Waals surface area contributed by atoms with Crippen LogP contribution in [0.1, 0.15) is 30.1 Å². The highest BCUT2D eigenvalue weighted by molar-refractivity contribution is 6.19. The summed E-state index contributed by atoms with van der Waals surface area (Å²) in [5, 5.41) is 0. The second-order valence-electron chi connectivity index (χ2n) is 6.22. The fourth-order valence-corrected chi connectivity index (χ4v) is 3.01. The average Bonchev–Trinajstić information content (AvgIpc) is 3.06. The summed E-state index contributed by atoms with van der Waals surface area (Å²) in [6.45, 7) is 1.91. The Labute approximate surface area is 162 Å². The van der Waals surface area contributed by atoms with Gasteiger partial charge in [0.05, 0.1) is 11.3 Å². The van der Waals surface area contributed by atoms with E-state index >= 15 is 0 Å². The predicted octanol–water partition coefficient (Wildman–Crippen LogP) is 2.55. The van der Waals surface area contributed by atoms with Crippen LogP contribution >= 0.6 is 0 Å². The Hall–Kier alpha value is -3.48. The molecule has 1 saturated heterocycles. The van der Waals surface area contributed by atoms with E-state index in [1.807, 2.05) is 37.3 Å². The van der Waals surface area contributed by atoms with Crippen molar-refractivity contribution >= 4 is 35.1 Å². The van der Waals surface area contributed by atoms with E-state index in [2.05, 4.69) is 0 Å². The number of esters is 1. The molecule has 0 radical (unpaired) electrons. The lowest BCUT2D eigenvalue weighted by Crippen LogP contribution is -2.34. The Balaban J connectivity index is 1.61. The molecule has 1 aliphatic heterocycles. The van der Waals surface area contributed by atoms with E-state index in [-0.39, 0.29) is 42.7 Å². The number of amides is 3. The molecule has 0 spiro atoms. The molecule has 2 aromatic carbocycles. The van der Waals surface area contributed by atoms with Crippen molar-refractivity contribution in [2.45, 2.75) is 19.8 Å². The first-order chi connectivity index (χ1) is 13.5. The number of hydrogen-bond acceptors (Lipinski definition) is 5. The summed E-state index contributed by atoms with van der Waals surface area (Å²) >= 11 is 0. The number of carbonyl (C=O) groups excluding carboxylic acids is 4. The number of carbonyl (C=O) groups is 4. The van der Waals surface area contributed by atoms with Gasteiger partial charge in [-0.2, -0.15) is 0 Å². The Morgan fingerprint density at radius 1 is 0.964 bits per heavy atom. The van der Waals surface area contributed by atoms with Gasteiger partial charge >= 0.3 is 5.97 Å². The molecule has 3 rings (SSSR count). The van der Waals surface area contributed by atoms with Gasteiger partial charge in [-0.1, -0.05) is 18.2 Å². The number of rotatable bonds is 6. The molecule has 28 heavy (non-hydrogen) atoms. The van der Waals surface area contributed by atoms with Crippen molar-refractivity contribution in [3.63, 3.8) is 0 Å². The molecule has 7 nitrogen and oxygen atoms in total. The molecular formula is C21H20N2O5. The van der Waals surface area contributed by atoms with Crippen molar-refractivity contribution in [2.24, 2.45) is 0 Å². The summed E-state index contributed by atoms with van der Waals surface area (Å²) < 4.78 is 5.12. The number of benzene rings is 2. The van der Waals surface area contributed by atoms with Gasteiger partial charge in [0.1, 0.15) is 0 Å². The molecule has 144 valence electrons. The van der Waals surface area contributed by atoms with Crippen LogP contribution in [0.5, 0.6) is 0 Å². The SMILES string of the molecule is CCN(C(=O)COC(=O)c1ccc(N2C(=O)CCC2=O)cc1)c1ccccc1. The quantitative estimate of drug-likeness (QED) is 0.568. The first kappa shape index (κ1) is 19.3. The summed E-state index contributed by atoms with van der Waals surface area (Å²) in [5.74, 6) is -1.49. The van der Waals surface area contributed by atoms with Crippen LogP contribution in [0, 0.1) is 0 Å². The number of nitrogens with zero attached hydrogens (tertiary/aromatic N) is 2. The molecular weight excluding hydrogens is 360 g/mol. The van der Waals surface area contributed by atoms with Crippen molar-refractivity contribution in [2.75, 3.05) is 23.0 Å². The molecule has 1 fully saturated rings. The second-order valence-corrected chi connectivity index (χ2v) is 6.22. The zero-order valence-electron chi connectivity index (χ0n) is 15.5. The highest BCUT2D eigenvalue weighted by atomic mass is 16.5. The molecule has 1 heterocycles. The van der Waals surface area contributed by atoms with Gasteiger partial charge in [-0.25, -0.2) is 4.79 Å². The Morgan fingerprint density at radius 3 is 2.14 bits per heavy atom.